The second kappa shape index (κ2) is 4.49. The van der Waals surface area contributed by atoms with Gasteiger partial charge in [-0.2, -0.15) is 0 Å². The normalized spacial score (nSPS) is 26.7. The third-order valence-electron chi connectivity index (χ3n) is 3.37. The Labute approximate surface area is 91.8 Å². The summed E-state index contributed by atoms with van der Waals surface area (Å²) in [6.07, 6.45) is 0.689. The van der Waals surface area contributed by atoms with Gasteiger partial charge in [-0.25, -0.2) is 0 Å². The number of carbonyl (C=O) groups is 1. The van der Waals surface area contributed by atoms with Crippen molar-refractivity contribution < 1.29 is 9.53 Å². The molecule has 1 rings (SSSR count). The Morgan fingerprint density at radius 2 is 2.20 bits per heavy atom. The average molecular weight is 214 g/mol. The Balaban J connectivity index is 2.67. The van der Waals surface area contributed by atoms with Crippen molar-refractivity contribution in [3.8, 4) is 0 Å². The van der Waals surface area contributed by atoms with Gasteiger partial charge >= 0.3 is 0 Å². The smallest absolute Gasteiger partial charge is 0.252 e. The second-order valence-corrected chi connectivity index (χ2v) is 4.97. The summed E-state index contributed by atoms with van der Waals surface area (Å²) in [6, 6.07) is 0. The van der Waals surface area contributed by atoms with Crippen molar-refractivity contribution in [1.82, 2.24) is 4.90 Å². The zero-order valence-electron chi connectivity index (χ0n) is 10.1. The van der Waals surface area contributed by atoms with E-state index < -0.39 is 0 Å². The van der Waals surface area contributed by atoms with Crippen molar-refractivity contribution in [2.75, 3.05) is 20.2 Å². The van der Waals surface area contributed by atoms with E-state index in [0.29, 0.717) is 19.1 Å². The van der Waals surface area contributed by atoms with Gasteiger partial charge in [-0.1, -0.05) is 6.92 Å². The molecule has 2 N–H and O–H groups in total. The van der Waals surface area contributed by atoms with Gasteiger partial charge < -0.3 is 15.4 Å². The number of rotatable bonds is 3. The number of hydrogen-bond donors (Lipinski definition) is 1. The van der Waals surface area contributed by atoms with Crippen molar-refractivity contribution >= 4 is 5.91 Å². The van der Waals surface area contributed by atoms with Crippen LogP contribution in [0.5, 0.6) is 0 Å². The first kappa shape index (κ1) is 12.5. The van der Waals surface area contributed by atoms with Crippen LogP contribution in [0.25, 0.3) is 0 Å². The van der Waals surface area contributed by atoms with Gasteiger partial charge in [-0.3, -0.25) is 4.79 Å². The molecule has 0 saturated carbocycles. The molecule has 0 aliphatic carbocycles. The summed E-state index contributed by atoms with van der Waals surface area (Å²) in [7, 11) is 1.80. The summed E-state index contributed by atoms with van der Waals surface area (Å²) < 4.78 is 5.46. The quantitative estimate of drug-likeness (QED) is 0.749. The molecule has 1 aliphatic heterocycles. The van der Waals surface area contributed by atoms with Crippen LogP contribution in [0.4, 0.5) is 0 Å². The molecule has 0 spiro atoms. The van der Waals surface area contributed by atoms with Crippen LogP contribution in [0, 0.1) is 5.92 Å². The minimum Gasteiger partial charge on any atom is -0.368 e. The van der Waals surface area contributed by atoms with Gasteiger partial charge in [0.2, 0.25) is 0 Å². The number of hydrogen-bond acceptors (Lipinski definition) is 3. The molecule has 4 heteroatoms. The fourth-order valence-electron chi connectivity index (χ4n) is 1.64. The van der Waals surface area contributed by atoms with Gasteiger partial charge in [0.25, 0.3) is 5.91 Å². The third kappa shape index (κ3) is 2.49. The van der Waals surface area contributed by atoms with E-state index in [9.17, 15) is 4.79 Å². The minimum absolute atomic E-state index is 0.0513. The lowest BCUT2D eigenvalue weighted by Crippen LogP contribution is -2.53. The van der Waals surface area contributed by atoms with E-state index in [1.54, 1.807) is 11.9 Å². The zero-order valence-corrected chi connectivity index (χ0v) is 10.1. The van der Waals surface area contributed by atoms with Gasteiger partial charge in [0.15, 0.2) is 0 Å². The predicted molar refractivity (Wildman–Crippen MR) is 59.4 cm³/mol. The molecular formula is C11H22N2O2. The number of nitrogens with two attached hydrogens (primary N) is 1. The van der Waals surface area contributed by atoms with Crippen molar-refractivity contribution in [3.63, 3.8) is 0 Å². The van der Waals surface area contributed by atoms with Crippen LogP contribution in [0.3, 0.4) is 0 Å². The third-order valence-corrected chi connectivity index (χ3v) is 3.37. The van der Waals surface area contributed by atoms with E-state index in [0.717, 1.165) is 6.42 Å². The molecule has 0 aromatic rings. The number of nitrogens with zero attached hydrogens (tertiary/aromatic N) is 1. The molecule has 15 heavy (non-hydrogen) atoms. The van der Waals surface area contributed by atoms with Crippen LogP contribution in [-0.4, -0.2) is 42.6 Å². The van der Waals surface area contributed by atoms with Crippen LogP contribution in [0.2, 0.25) is 0 Å². The zero-order chi connectivity index (χ0) is 11.6. The van der Waals surface area contributed by atoms with Crippen LogP contribution < -0.4 is 5.73 Å². The highest BCUT2D eigenvalue weighted by Gasteiger charge is 2.37. The Kier molecular flexibility index (Phi) is 3.73. The molecular weight excluding hydrogens is 192 g/mol. The van der Waals surface area contributed by atoms with E-state index in [4.69, 9.17) is 10.5 Å². The molecule has 2 atom stereocenters. The monoisotopic (exact) mass is 214 g/mol. The lowest BCUT2D eigenvalue weighted by molar-refractivity contribution is -0.145. The van der Waals surface area contributed by atoms with Gasteiger partial charge in [0, 0.05) is 25.7 Å². The van der Waals surface area contributed by atoms with Gasteiger partial charge in [0.1, 0.15) is 6.10 Å². The molecule has 1 saturated heterocycles. The number of ether oxygens (including phenoxy) is 1. The maximum absolute atomic E-state index is 12.1. The SMILES string of the molecule is CC1CCOC1C(=O)N(C)C(C)(C)CN. The number of likely N-dealkylation sites (N-methyl/N-ethyl adjacent to an activating group) is 1. The standard InChI is InChI=1S/C11H22N2O2/c1-8-5-6-15-9(8)10(14)13(4)11(2,3)7-12/h8-9H,5-7,12H2,1-4H3. The molecule has 88 valence electrons. The predicted octanol–water partition coefficient (Wildman–Crippen LogP) is 0.607. The summed E-state index contributed by atoms with van der Waals surface area (Å²) in [4.78, 5) is 13.8. The van der Waals surface area contributed by atoms with Crippen LogP contribution in [-0.2, 0) is 9.53 Å². The van der Waals surface area contributed by atoms with E-state index >= 15 is 0 Å². The molecule has 0 bridgehead atoms. The summed E-state index contributed by atoms with van der Waals surface area (Å²) >= 11 is 0. The highest BCUT2D eigenvalue weighted by molar-refractivity contribution is 5.82. The van der Waals surface area contributed by atoms with Crippen molar-refractivity contribution in [1.29, 1.82) is 0 Å². The largest absolute Gasteiger partial charge is 0.368 e. The highest BCUT2D eigenvalue weighted by atomic mass is 16.5. The van der Waals surface area contributed by atoms with Crippen LogP contribution >= 0.6 is 0 Å². The summed E-state index contributed by atoms with van der Waals surface area (Å²) in [6.45, 7) is 7.12. The van der Waals surface area contributed by atoms with E-state index in [1.165, 1.54) is 0 Å². The Morgan fingerprint density at radius 3 is 2.60 bits per heavy atom. The van der Waals surface area contributed by atoms with Gasteiger partial charge in [-0.15, -0.1) is 0 Å². The first-order valence-corrected chi connectivity index (χ1v) is 5.49. The van der Waals surface area contributed by atoms with Gasteiger partial charge in [-0.05, 0) is 26.2 Å². The minimum atomic E-state index is -0.303. The molecule has 4 nitrogen and oxygen atoms in total. The van der Waals surface area contributed by atoms with Gasteiger partial charge in [0.05, 0.1) is 0 Å². The molecule has 0 aromatic carbocycles. The van der Waals surface area contributed by atoms with E-state index in [-0.39, 0.29) is 17.6 Å². The molecule has 1 amide bonds. The molecule has 0 aromatic heterocycles. The number of carbonyl (C=O) groups excluding carboxylic acids is 1. The lowest BCUT2D eigenvalue weighted by atomic mass is 9.99. The highest BCUT2D eigenvalue weighted by Crippen LogP contribution is 2.24. The van der Waals surface area contributed by atoms with Crippen molar-refractivity contribution in [2.45, 2.75) is 38.8 Å². The molecule has 1 heterocycles. The maximum atomic E-state index is 12.1. The van der Waals surface area contributed by atoms with Crippen LogP contribution in [0.15, 0.2) is 0 Å². The molecule has 1 aliphatic rings. The van der Waals surface area contributed by atoms with E-state index in [1.807, 2.05) is 13.8 Å². The summed E-state index contributed by atoms with van der Waals surface area (Å²) in [5.74, 6) is 0.365. The topological polar surface area (TPSA) is 55.6 Å². The second-order valence-electron chi connectivity index (χ2n) is 4.97. The Morgan fingerprint density at radius 1 is 1.60 bits per heavy atom. The van der Waals surface area contributed by atoms with Crippen LogP contribution in [0.1, 0.15) is 27.2 Å². The fourth-order valence-corrected chi connectivity index (χ4v) is 1.64. The Bertz CT molecular complexity index is 241. The fraction of sp³-hybridized carbons (Fsp3) is 0.909. The Hall–Kier alpha value is -0.610. The number of amides is 1. The molecule has 1 fully saturated rings. The van der Waals surface area contributed by atoms with Crippen molar-refractivity contribution in [2.24, 2.45) is 11.7 Å². The maximum Gasteiger partial charge on any atom is 0.252 e. The molecule has 0 radical (unpaired) electrons. The average Bonchev–Trinajstić information content (AvgIpc) is 2.62. The summed E-state index contributed by atoms with van der Waals surface area (Å²) in [5.41, 5.74) is 5.34. The van der Waals surface area contributed by atoms with E-state index in [2.05, 4.69) is 6.92 Å². The lowest BCUT2D eigenvalue weighted by Gasteiger charge is -2.36. The summed E-state index contributed by atoms with van der Waals surface area (Å²) in [5, 5.41) is 0. The van der Waals surface area contributed by atoms with Crippen molar-refractivity contribution in [3.05, 3.63) is 0 Å². The first-order valence-electron chi connectivity index (χ1n) is 5.49. The molecule has 2 unspecified atom stereocenters. The first-order chi connectivity index (χ1) is 6.90.